The smallest absolute Gasteiger partial charge is 0.232 e. The van der Waals surface area contributed by atoms with Crippen LogP contribution in [0, 0.1) is 16.9 Å². The second-order valence-electron chi connectivity index (χ2n) is 8.17. The predicted molar refractivity (Wildman–Crippen MR) is 109 cm³/mol. The Morgan fingerprint density at radius 2 is 2.07 bits per heavy atom. The summed E-state index contributed by atoms with van der Waals surface area (Å²) >= 11 is 0. The van der Waals surface area contributed by atoms with Crippen molar-refractivity contribution in [2.24, 2.45) is 5.41 Å². The number of nitrogens with one attached hydrogen (secondary N) is 1. The van der Waals surface area contributed by atoms with Gasteiger partial charge in [0.25, 0.3) is 0 Å². The Bertz CT molecular complexity index is 976. The fourth-order valence-electron chi connectivity index (χ4n) is 4.33. The quantitative estimate of drug-likeness (QED) is 0.819. The molecule has 2 aromatic carbocycles. The molecular formula is C23H25N3O2. The number of carbonyl (C=O) groups is 1. The van der Waals surface area contributed by atoms with Crippen molar-refractivity contribution in [2.75, 3.05) is 25.5 Å². The summed E-state index contributed by atoms with van der Waals surface area (Å²) in [6.45, 7) is 5.49. The molecule has 2 aliphatic rings. The van der Waals surface area contributed by atoms with Crippen molar-refractivity contribution >= 4 is 11.6 Å². The van der Waals surface area contributed by atoms with E-state index in [9.17, 15) is 10.1 Å². The monoisotopic (exact) mass is 375 g/mol. The molecule has 1 N–H and O–H groups in total. The summed E-state index contributed by atoms with van der Waals surface area (Å²) in [5, 5.41) is 12.3. The van der Waals surface area contributed by atoms with Gasteiger partial charge >= 0.3 is 0 Å². The lowest BCUT2D eigenvalue weighted by molar-refractivity contribution is -0.125. The lowest BCUT2D eigenvalue weighted by Crippen LogP contribution is -2.43. The molecule has 28 heavy (non-hydrogen) atoms. The van der Waals surface area contributed by atoms with E-state index >= 15 is 0 Å². The average molecular weight is 375 g/mol. The standard InChI is InChI=1S/C23H25N3O2/c1-15(2)16-5-7-21(28-3)19(11-16)17-4-6-20-18(10-17)12-23(22(27)25-20)8-9-26(13-23)14-24/h4-7,10-11,15H,8-9,12-13H2,1-3H3,(H,25,27). The van der Waals surface area contributed by atoms with Crippen molar-refractivity contribution in [1.82, 2.24) is 4.90 Å². The van der Waals surface area contributed by atoms with Crippen LogP contribution in [0.2, 0.25) is 0 Å². The minimum atomic E-state index is -0.509. The number of ether oxygens (including phenoxy) is 1. The van der Waals surface area contributed by atoms with Gasteiger partial charge in [0.2, 0.25) is 5.91 Å². The van der Waals surface area contributed by atoms with Crippen molar-refractivity contribution in [1.29, 1.82) is 5.26 Å². The second kappa shape index (κ2) is 6.87. The normalized spacial score (nSPS) is 20.8. The number of nitriles is 1. The van der Waals surface area contributed by atoms with E-state index in [0.29, 0.717) is 31.8 Å². The van der Waals surface area contributed by atoms with E-state index in [1.54, 1.807) is 12.0 Å². The molecule has 5 nitrogen and oxygen atoms in total. The molecule has 1 spiro atoms. The molecule has 1 unspecified atom stereocenters. The van der Waals surface area contributed by atoms with Gasteiger partial charge < -0.3 is 15.0 Å². The van der Waals surface area contributed by atoms with E-state index in [-0.39, 0.29) is 5.91 Å². The Labute approximate surface area is 165 Å². The fourth-order valence-corrected chi connectivity index (χ4v) is 4.33. The van der Waals surface area contributed by atoms with Crippen molar-refractivity contribution < 1.29 is 9.53 Å². The van der Waals surface area contributed by atoms with Gasteiger partial charge in [-0.25, -0.2) is 0 Å². The highest BCUT2D eigenvalue weighted by molar-refractivity contribution is 5.99. The maximum absolute atomic E-state index is 12.8. The highest BCUT2D eigenvalue weighted by Gasteiger charge is 2.47. The third kappa shape index (κ3) is 2.99. The number of nitrogens with zero attached hydrogens (tertiary/aromatic N) is 2. The van der Waals surface area contributed by atoms with Crippen LogP contribution in [0.4, 0.5) is 5.69 Å². The number of hydrogen-bond donors (Lipinski definition) is 1. The predicted octanol–water partition coefficient (Wildman–Crippen LogP) is 4.15. The van der Waals surface area contributed by atoms with Crippen LogP contribution < -0.4 is 10.1 Å². The van der Waals surface area contributed by atoms with E-state index in [1.165, 1.54) is 5.56 Å². The summed E-state index contributed by atoms with van der Waals surface area (Å²) in [6, 6.07) is 12.5. The van der Waals surface area contributed by atoms with Gasteiger partial charge in [-0.15, -0.1) is 0 Å². The molecule has 1 saturated heterocycles. The number of rotatable bonds is 3. The van der Waals surface area contributed by atoms with Crippen molar-refractivity contribution in [3.63, 3.8) is 0 Å². The molecule has 5 heteroatoms. The second-order valence-corrected chi connectivity index (χ2v) is 8.17. The van der Waals surface area contributed by atoms with Crippen LogP contribution >= 0.6 is 0 Å². The van der Waals surface area contributed by atoms with Gasteiger partial charge in [-0.2, -0.15) is 5.26 Å². The Morgan fingerprint density at radius 3 is 2.75 bits per heavy atom. The number of likely N-dealkylation sites (tertiary alicyclic amines) is 1. The van der Waals surface area contributed by atoms with Crippen LogP contribution in [0.1, 0.15) is 37.3 Å². The topological polar surface area (TPSA) is 65.4 Å². The third-order valence-corrected chi connectivity index (χ3v) is 6.06. The minimum absolute atomic E-state index is 0.0323. The third-order valence-electron chi connectivity index (χ3n) is 6.06. The molecule has 4 rings (SSSR count). The lowest BCUT2D eigenvalue weighted by atomic mass is 9.76. The molecule has 0 aromatic heterocycles. The molecule has 2 aromatic rings. The molecule has 0 saturated carbocycles. The van der Waals surface area contributed by atoms with Crippen molar-refractivity contribution in [2.45, 2.75) is 32.6 Å². The summed E-state index contributed by atoms with van der Waals surface area (Å²) in [5.74, 6) is 1.31. The summed E-state index contributed by atoms with van der Waals surface area (Å²) in [7, 11) is 1.69. The van der Waals surface area contributed by atoms with Gasteiger partial charge in [-0.05, 0) is 59.7 Å². The number of amides is 1. The Balaban J connectivity index is 1.74. The average Bonchev–Trinajstić information content (AvgIpc) is 3.12. The number of hydrogen-bond acceptors (Lipinski definition) is 4. The van der Waals surface area contributed by atoms with E-state index < -0.39 is 5.41 Å². The van der Waals surface area contributed by atoms with Gasteiger partial charge in [-0.1, -0.05) is 26.0 Å². The summed E-state index contributed by atoms with van der Waals surface area (Å²) < 4.78 is 5.61. The van der Waals surface area contributed by atoms with Crippen LogP contribution in [0.25, 0.3) is 11.1 Å². The molecule has 0 radical (unpaired) electrons. The largest absolute Gasteiger partial charge is 0.496 e. The van der Waals surface area contributed by atoms with Gasteiger partial charge in [-0.3, -0.25) is 4.79 Å². The number of carbonyl (C=O) groups excluding carboxylic acids is 1. The lowest BCUT2D eigenvalue weighted by Gasteiger charge is -2.33. The maximum Gasteiger partial charge on any atom is 0.232 e. The molecule has 144 valence electrons. The summed E-state index contributed by atoms with van der Waals surface area (Å²) in [6.07, 6.45) is 3.56. The Morgan fingerprint density at radius 1 is 1.25 bits per heavy atom. The zero-order chi connectivity index (χ0) is 19.9. The van der Waals surface area contributed by atoms with Crippen LogP contribution in [0.5, 0.6) is 5.75 Å². The van der Waals surface area contributed by atoms with Gasteiger partial charge in [0.1, 0.15) is 5.75 Å². The summed E-state index contributed by atoms with van der Waals surface area (Å²) in [5.41, 5.74) is 4.89. The highest BCUT2D eigenvalue weighted by atomic mass is 16.5. The van der Waals surface area contributed by atoms with Crippen LogP contribution in [-0.4, -0.2) is 31.0 Å². The first-order valence-electron chi connectivity index (χ1n) is 9.73. The molecule has 1 atom stereocenters. The molecular weight excluding hydrogens is 350 g/mol. The number of anilines is 1. The van der Waals surface area contributed by atoms with E-state index in [2.05, 4.69) is 43.6 Å². The van der Waals surface area contributed by atoms with E-state index in [4.69, 9.17) is 4.74 Å². The molecule has 2 aliphatic heterocycles. The van der Waals surface area contributed by atoms with Crippen LogP contribution in [-0.2, 0) is 11.2 Å². The number of fused-ring (bicyclic) bond motifs is 1. The first-order valence-corrected chi connectivity index (χ1v) is 9.73. The SMILES string of the molecule is COc1ccc(C(C)C)cc1-c1ccc2c(c1)CC1(CCN(C#N)C1)C(=O)N2. The van der Waals surface area contributed by atoms with Gasteiger partial charge in [0, 0.05) is 24.3 Å². The zero-order valence-corrected chi connectivity index (χ0v) is 16.6. The maximum atomic E-state index is 12.8. The van der Waals surface area contributed by atoms with Crippen LogP contribution in [0.15, 0.2) is 36.4 Å². The van der Waals surface area contributed by atoms with Crippen LogP contribution in [0.3, 0.4) is 0 Å². The molecule has 1 fully saturated rings. The Hall–Kier alpha value is -3.00. The van der Waals surface area contributed by atoms with Crippen molar-refractivity contribution in [3.05, 3.63) is 47.5 Å². The molecule has 2 heterocycles. The van der Waals surface area contributed by atoms with Crippen molar-refractivity contribution in [3.8, 4) is 23.1 Å². The number of methoxy groups -OCH3 is 1. The minimum Gasteiger partial charge on any atom is -0.496 e. The Kier molecular flexibility index (Phi) is 4.50. The van der Waals surface area contributed by atoms with E-state index in [1.807, 2.05) is 18.2 Å². The van der Waals surface area contributed by atoms with E-state index in [0.717, 1.165) is 28.1 Å². The molecule has 0 bridgehead atoms. The highest BCUT2D eigenvalue weighted by Crippen LogP contribution is 2.42. The van der Waals surface area contributed by atoms with Gasteiger partial charge in [0.05, 0.1) is 12.5 Å². The first-order chi connectivity index (χ1) is 13.5. The molecule has 1 amide bonds. The molecule has 0 aliphatic carbocycles. The summed E-state index contributed by atoms with van der Waals surface area (Å²) in [4.78, 5) is 14.4. The zero-order valence-electron chi connectivity index (χ0n) is 16.6. The number of benzene rings is 2. The first kappa shape index (κ1) is 18.4. The fraction of sp³-hybridized carbons (Fsp3) is 0.391. The van der Waals surface area contributed by atoms with Gasteiger partial charge in [0.15, 0.2) is 6.19 Å².